The number of carbonyl (C=O) groups excluding carboxylic acids is 1. The zero-order valence-corrected chi connectivity index (χ0v) is 12.1. The summed E-state index contributed by atoms with van der Waals surface area (Å²) in [6, 6.07) is 3.50. The average Bonchev–Trinajstić information content (AvgIpc) is 2.33. The minimum atomic E-state index is -1.07. The SMILES string of the molecule is CCCCC(NC(=O)c1ccc(Br)cc1O)C(=O)O. The number of halogens is 1. The van der Waals surface area contributed by atoms with Crippen molar-refractivity contribution >= 4 is 27.8 Å². The molecule has 0 spiro atoms. The minimum Gasteiger partial charge on any atom is -0.507 e. The summed E-state index contributed by atoms with van der Waals surface area (Å²) in [7, 11) is 0. The predicted octanol–water partition coefficient (Wildman–Crippen LogP) is 2.53. The van der Waals surface area contributed by atoms with Crippen molar-refractivity contribution in [1.82, 2.24) is 5.32 Å². The van der Waals surface area contributed by atoms with E-state index in [2.05, 4.69) is 21.2 Å². The first-order valence-electron chi connectivity index (χ1n) is 5.98. The van der Waals surface area contributed by atoms with Crippen molar-refractivity contribution in [2.75, 3.05) is 0 Å². The quantitative estimate of drug-likeness (QED) is 0.748. The Bertz CT molecular complexity index is 476. The minimum absolute atomic E-state index is 0.0611. The van der Waals surface area contributed by atoms with Crippen LogP contribution in [0, 0.1) is 0 Å². The molecular formula is C13H16BrNO4. The molecule has 0 aliphatic heterocycles. The summed E-state index contributed by atoms with van der Waals surface area (Å²) in [5.41, 5.74) is 0.0611. The molecule has 1 rings (SSSR count). The molecule has 0 aliphatic rings. The number of aromatic hydroxyl groups is 1. The van der Waals surface area contributed by atoms with Gasteiger partial charge in [-0.1, -0.05) is 35.7 Å². The van der Waals surface area contributed by atoms with Gasteiger partial charge in [-0.2, -0.15) is 0 Å². The second kappa shape index (κ2) is 7.13. The van der Waals surface area contributed by atoms with E-state index in [0.29, 0.717) is 17.3 Å². The van der Waals surface area contributed by atoms with Crippen molar-refractivity contribution in [3.8, 4) is 5.75 Å². The summed E-state index contributed by atoms with van der Waals surface area (Å²) in [6.45, 7) is 1.95. The van der Waals surface area contributed by atoms with Crippen LogP contribution in [0.15, 0.2) is 22.7 Å². The molecular weight excluding hydrogens is 314 g/mol. The van der Waals surface area contributed by atoms with E-state index < -0.39 is 17.9 Å². The number of hydrogen-bond acceptors (Lipinski definition) is 3. The summed E-state index contributed by atoms with van der Waals surface area (Å²) in [5.74, 6) is -1.85. The molecule has 1 atom stereocenters. The Morgan fingerprint density at radius 1 is 1.42 bits per heavy atom. The van der Waals surface area contributed by atoms with Gasteiger partial charge in [0.1, 0.15) is 11.8 Å². The number of phenols is 1. The van der Waals surface area contributed by atoms with Gasteiger partial charge in [0.15, 0.2) is 0 Å². The molecule has 0 saturated carbocycles. The van der Waals surface area contributed by atoms with Crippen molar-refractivity contribution < 1.29 is 19.8 Å². The van der Waals surface area contributed by atoms with Crippen molar-refractivity contribution in [2.45, 2.75) is 32.2 Å². The zero-order valence-electron chi connectivity index (χ0n) is 10.5. The van der Waals surface area contributed by atoms with Gasteiger partial charge >= 0.3 is 5.97 Å². The molecule has 0 bridgehead atoms. The zero-order chi connectivity index (χ0) is 14.4. The Kier molecular flexibility index (Phi) is 5.82. The highest BCUT2D eigenvalue weighted by atomic mass is 79.9. The highest BCUT2D eigenvalue weighted by Gasteiger charge is 2.21. The lowest BCUT2D eigenvalue weighted by Gasteiger charge is -2.14. The van der Waals surface area contributed by atoms with E-state index in [-0.39, 0.29) is 11.3 Å². The van der Waals surface area contributed by atoms with Crippen LogP contribution in [0.1, 0.15) is 36.5 Å². The number of carboxylic acids is 1. The normalized spacial score (nSPS) is 11.9. The highest BCUT2D eigenvalue weighted by Crippen LogP contribution is 2.22. The Labute approximate surface area is 119 Å². The third-order valence-electron chi connectivity index (χ3n) is 2.65. The Morgan fingerprint density at radius 3 is 2.63 bits per heavy atom. The van der Waals surface area contributed by atoms with Crippen molar-refractivity contribution in [1.29, 1.82) is 0 Å². The Balaban J connectivity index is 2.78. The van der Waals surface area contributed by atoms with Gasteiger partial charge < -0.3 is 15.5 Å². The predicted molar refractivity (Wildman–Crippen MR) is 74.2 cm³/mol. The van der Waals surface area contributed by atoms with Crippen LogP contribution in [0.3, 0.4) is 0 Å². The molecule has 0 saturated heterocycles. The maximum atomic E-state index is 11.9. The van der Waals surface area contributed by atoms with Crippen LogP contribution in [0.5, 0.6) is 5.75 Å². The van der Waals surface area contributed by atoms with Crippen LogP contribution < -0.4 is 5.32 Å². The number of hydrogen-bond donors (Lipinski definition) is 3. The van der Waals surface area contributed by atoms with Crippen LogP contribution in [-0.4, -0.2) is 28.1 Å². The number of phenolic OH excluding ortho intramolecular Hbond substituents is 1. The first-order valence-corrected chi connectivity index (χ1v) is 6.77. The summed E-state index contributed by atoms with van der Waals surface area (Å²) in [4.78, 5) is 22.9. The van der Waals surface area contributed by atoms with Crippen LogP contribution in [0.4, 0.5) is 0 Å². The van der Waals surface area contributed by atoms with E-state index in [9.17, 15) is 14.7 Å². The van der Waals surface area contributed by atoms with Gasteiger partial charge in [-0.25, -0.2) is 4.79 Å². The Hall–Kier alpha value is -1.56. The van der Waals surface area contributed by atoms with Crippen molar-refractivity contribution in [3.63, 3.8) is 0 Å². The second-order valence-electron chi connectivity index (χ2n) is 4.17. The van der Waals surface area contributed by atoms with Crippen LogP contribution in [-0.2, 0) is 4.79 Å². The summed E-state index contributed by atoms with van der Waals surface area (Å²) < 4.78 is 0.641. The summed E-state index contributed by atoms with van der Waals surface area (Å²) in [5, 5.41) is 21.1. The van der Waals surface area contributed by atoms with Crippen LogP contribution in [0.25, 0.3) is 0 Å². The van der Waals surface area contributed by atoms with Gasteiger partial charge in [0.05, 0.1) is 5.56 Å². The molecule has 5 nitrogen and oxygen atoms in total. The number of amides is 1. The van der Waals surface area contributed by atoms with E-state index in [4.69, 9.17) is 5.11 Å². The van der Waals surface area contributed by atoms with E-state index >= 15 is 0 Å². The topological polar surface area (TPSA) is 86.6 Å². The summed E-state index contributed by atoms with van der Waals surface area (Å²) in [6.07, 6.45) is 1.93. The third kappa shape index (κ3) is 4.55. The number of aliphatic carboxylic acids is 1. The average molecular weight is 330 g/mol. The molecule has 1 amide bonds. The van der Waals surface area contributed by atoms with E-state index in [1.165, 1.54) is 12.1 Å². The fourth-order valence-electron chi connectivity index (χ4n) is 1.60. The second-order valence-corrected chi connectivity index (χ2v) is 5.08. The fourth-order valence-corrected chi connectivity index (χ4v) is 1.95. The molecule has 1 unspecified atom stereocenters. The van der Waals surface area contributed by atoms with Gasteiger partial charge in [-0.15, -0.1) is 0 Å². The number of carbonyl (C=O) groups is 2. The smallest absolute Gasteiger partial charge is 0.326 e. The first-order chi connectivity index (χ1) is 8.95. The molecule has 1 aromatic carbocycles. The molecule has 1 aromatic rings. The van der Waals surface area contributed by atoms with Gasteiger partial charge in [-0.05, 0) is 24.6 Å². The fraction of sp³-hybridized carbons (Fsp3) is 0.385. The van der Waals surface area contributed by atoms with Crippen LogP contribution >= 0.6 is 15.9 Å². The molecule has 6 heteroatoms. The number of unbranched alkanes of at least 4 members (excludes halogenated alkanes) is 1. The van der Waals surface area contributed by atoms with Gasteiger partial charge in [0.2, 0.25) is 0 Å². The van der Waals surface area contributed by atoms with Gasteiger partial charge in [0.25, 0.3) is 5.91 Å². The van der Waals surface area contributed by atoms with Crippen molar-refractivity contribution in [2.24, 2.45) is 0 Å². The lowest BCUT2D eigenvalue weighted by Crippen LogP contribution is -2.40. The molecule has 3 N–H and O–H groups in total. The molecule has 19 heavy (non-hydrogen) atoms. The monoisotopic (exact) mass is 329 g/mol. The molecule has 104 valence electrons. The number of carboxylic acid groups (broad SMARTS) is 1. The Morgan fingerprint density at radius 2 is 2.11 bits per heavy atom. The van der Waals surface area contributed by atoms with Gasteiger partial charge in [0, 0.05) is 4.47 Å². The maximum absolute atomic E-state index is 11.9. The number of rotatable bonds is 6. The van der Waals surface area contributed by atoms with E-state index in [1.807, 2.05) is 6.92 Å². The van der Waals surface area contributed by atoms with E-state index in [1.54, 1.807) is 6.07 Å². The van der Waals surface area contributed by atoms with Crippen molar-refractivity contribution in [3.05, 3.63) is 28.2 Å². The largest absolute Gasteiger partial charge is 0.507 e. The highest BCUT2D eigenvalue weighted by molar-refractivity contribution is 9.10. The lowest BCUT2D eigenvalue weighted by atomic mass is 10.1. The lowest BCUT2D eigenvalue weighted by molar-refractivity contribution is -0.139. The maximum Gasteiger partial charge on any atom is 0.326 e. The molecule has 0 aliphatic carbocycles. The van der Waals surface area contributed by atoms with Gasteiger partial charge in [-0.3, -0.25) is 4.79 Å². The molecule has 0 radical (unpaired) electrons. The number of benzene rings is 1. The third-order valence-corrected chi connectivity index (χ3v) is 3.15. The molecule has 0 aromatic heterocycles. The van der Waals surface area contributed by atoms with E-state index in [0.717, 1.165) is 6.42 Å². The number of nitrogens with one attached hydrogen (secondary N) is 1. The molecule has 0 fully saturated rings. The molecule has 0 heterocycles. The first kappa shape index (κ1) is 15.5. The standard InChI is InChI=1S/C13H16BrNO4/c1-2-3-4-10(13(18)19)15-12(17)9-6-5-8(14)7-11(9)16/h5-7,10,16H,2-4H2,1H3,(H,15,17)(H,18,19). The van der Waals surface area contributed by atoms with Crippen LogP contribution in [0.2, 0.25) is 0 Å². The summed E-state index contributed by atoms with van der Waals surface area (Å²) >= 11 is 3.17.